The zero-order chi connectivity index (χ0) is 27.0. The van der Waals surface area contributed by atoms with E-state index in [0.29, 0.717) is 11.4 Å². The molecule has 0 spiro atoms. The second-order valence-corrected chi connectivity index (χ2v) is 11.3. The lowest BCUT2D eigenvalue weighted by Gasteiger charge is -2.32. The van der Waals surface area contributed by atoms with Crippen molar-refractivity contribution >= 4 is 27.5 Å². The molecule has 2 rings (SSSR count). The topological polar surface area (TPSA) is 96.0 Å². The Hall–Kier alpha value is -3.07. The van der Waals surface area contributed by atoms with Crippen LogP contribution in [0, 0.1) is 0 Å². The molecule has 0 bridgehead atoms. The van der Waals surface area contributed by atoms with Crippen LogP contribution in [0.4, 0.5) is 5.69 Å². The van der Waals surface area contributed by atoms with Gasteiger partial charge in [0.1, 0.15) is 18.3 Å². The predicted molar refractivity (Wildman–Crippen MR) is 144 cm³/mol. The smallest absolute Gasteiger partial charge is 0.244 e. The Balaban J connectivity index is 2.47. The Labute approximate surface area is 215 Å². The van der Waals surface area contributed by atoms with Crippen molar-refractivity contribution in [1.29, 1.82) is 0 Å². The first-order valence-electron chi connectivity index (χ1n) is 12.2. The van der Waals surface area contributed by atoms with E-state index in [4.69, 9.17) is 4.74 Å². The van der Waals surface area contributed by atoms with Gasteiger partial charge in [-0.1, -0.05) is 51.1 Å². The van der Waals surface area contributed by atoms with Gasteiger partial charge in [-0.15, -0.1) is 0 Å². The van der Waals surface area contributed by atoms with Crippen LogP contribution >= 0.6 is 0 Å². The molecule has 0 fully saturated rings. The minimum absolute atomic E-state index is 0.0497. The highest BCUT2D eigenvalue weighted by Gasteiger charge is 2.31. The fraction of sp³-hybridized carbons (Fsp3) is 0.481. The molecule has 9 heteroatoms. The van der Waals surface area contributed by atoms with Crippen molar-refractivity contribution < 1.29 is 22.7 Å². The van der Waals surface area contributed by atoms with Crippen LogP contribution in [0.5, 0.6) is 5.75 Å². The van der Waals surface area contributed by atoms with Gasteiger partial charge in [-0.25, -0.2) is 8.42 Å². The zero-order valence-electron chi connectivity index (χ0n) is 22.3. The maximum Gasteiger partial charge on any atom is 0.244 e. The molecule has 0 unspecified atom stereocenters. The fourth-order valence-corrected chi connectivity index (χ4v) is 4.68. The summed E-state index contributed by atoms with van der Waals surface area (Å²) in [7, 11) is -2.23. The summed E-state index contributed by atoms with van der Waals surface area (Å²) in [6, 6.07) is 13.5. The standard InChI is InChI=1S/C27H39N3O5S/c1-8-20(4)28-27(32)21(5)29(17-22-12-11-13-23(16-22)35-6)26(31)18-30(36(7,33)34)25-15-10-9-14-24(25)19(2)3/h9-16,19-21H,8,17-18H2,1-7H3,(H,28,32)/t20-,21+/m1/s1. The lowest BCUT2D eigenvalue weighted by molar-refractivity contribution is -0.139. The third-order valence-electron chi connectivity index (χ3n) is 6.16. The number of anilines is 1. The Kier molecular flexibility index (Phi) is 10.3. The van der Waals surface area contributed by atoms with Crippen LogP contribution in [-0.4, -0.2) is 57.1 Å². The molecule has 0 saturated carbocycles. The Morgan fingerprint density at radius 1 is 1.03 bits per heavy atom. The van der Waals surface area contributed by atoms with Crippen molar-refractivity contribution in [2.75, 3.05) is 24.2 Å². The highest BCUT2D eigenvalue weighted by Crippen LogP contribution is 2.29. The number of hydrogen-bond donors (Lipinski definition) is 1. The molecular formula is C27H39N3O5S. The molecular weight excluding hydrogens is 478 g/mol. The number of nitrogens with zero attached hydrogens (tertiary/aromatic N) is 2. The molecule has 2 amide bonds. The molecule has 2 atom stereocenters. The van der Waals surface area contributed by atoms with Gasteiger partial charge < -0.3 is 15.0 Å². The number of methoxy groups -OCH3 is 1. The average Bonchev–Trinajstić information content (AvgIpc) is 2.84. The summed E-state index contributed by atoms with van der Waals surface area (Å²) in [5, 5.41) is 2.92. The fourth-order valence-electron chi connectivity index (χ4n) is 3.81. The quantitative estimate of drug-likeness (QED) is 0.460. The number of para-hydroxylation sites is 1. The van der Waals surface area contributed by atoms with Gasteiger partial charge in [0.25, 0.3) is 0 Å². The first-order chi connectivity index (χ1) is 16.9. The molecule has 2 aromatic rings. The Morgan fingerprint density at radius 2 is 1.69 bits per heavy atom. The highest BCUT2D eigenvalue weighted by molar-refractivity contribution is 7.92. The maximum absolute atomic E-state index is 13.7. The second kappa shape index (κ2) is 12.8. The lowest BCUT2D eigenvalue weighted by atomic mass is 10.0. The first kappa shape index (κ1) is 29.2. The van der Waals surface area contributed by atoms with Gasteiger partial charge in [0.05, 0.1) is 19.1 Å². The van der Waals surface area contributed by atoms with Crippen molar-refractivity contribution in [2.24, 2.45) is 0 Å². The summed E-state index contributed by atoms with van der Waals surface area (Å²) in [4.78, 5) is 28.1. The number of hydrogen-bond acceptors (Lipinski definition) is 5. The molecule has 8 nitrogen and oxygen atoms in total. The van der Waals surface area contributed by atoms with Gasteiger partial charge >= 0.3 is 0 Å². The zero-order valence-corrected chi connectivity index (χ0v) is 23.1. The predicted octanol–water partition coefficient (Wildman–Crippen LogP) is 3.92. The van der Waals surface area contributed by atoms with Crippen LogP contribution in [0.25, 0.3) is 0 Å². The van der Waals surface area contributed by atoms with Gasteiger partial charge in [-0.2, -0.15) is 0 Å². The van der Waals surface area contributed by atoms with Gasteiger partial charge in [-0.05, 0) is 55.5 Å². The minimum Gasteiger partial charge on any atom is -0.497 e. The number of ether oxygens (including phenoxy) is 1. The number of carbonyl (C=O) groups excluding carboxylic acids is 2. The average molecular weight is 518 g/mol. The van der Waals surface area contributed by atoms with Crippen molar-refractivity contribution in [3.8, 4) is 5.75 Å². The van der Waals surface area contributed by atoms with Gasteiger partial charge in [-0.3, -0.25) is 13.9 Å². The number of amides is 2. The number of carbonyl (C=O) groups is 2. The van der Waals surface area contributed by atoms with Gasteiger partial charge in [0.15, 0.2) is 0 Å². The van der Waals surface area contributed by atoms with E-state index in [1.165, 1.54) is 4.90 Å². The van der Waals surface area contributed by atoms with Gasteiger partial charge in [0, 0.05) is 12.6 Å². The first-order valence-corrected chi connectivity index (χ1v) is 14.0. The summed E-state index contributed by atoms with van der Waals surface area (Å²) in [5.74, 6) is -0.100. The number of rotatable bonds is 12. The number of sulfonamides is 1. The summed E-state index contributed by atoms with van der Waals surface area (Å²) in [6.45, 7) is 9.15. The molecule has 0 aliphatic carbocycles. The summed E-state index contributed by atoms with van der Waals surface area (Å²) in [5.41, 5.74) is 2.04. The van der Waals surface area contributed by atoms with E-state index in [0.717, 1.165) is 28.1 Å². The summed E-state index contributed by atoms with van der Waals surface area (Å²) < 4.78 is 32.1. The largest absolute Gasteiger partial charge is 0.497 e. The monoisotopic (exact) mass is 517 g/mol. The van der Waals surface area contributed by atoms with Crippen molar-refractivity contribution in [2.45, 2.75) is 65.6 Å². The van der Waals surface area contributed by atoms with E-state index in [1.807, 2.05) is 52.0 Å². The second-order valence-electron chi connectivity index (χ2n) is 9.35. The van der Waals surface area contributed by atoms with Crippen molar-refractivity contribution in [1.82, 2.24) is 10.2 Å². The van der Waals surface area contributed by atoms with Crippen LogP contribution in [0.2, 0.25) is 0 Å². The highest BCUT2D eigenvalue weighted by atomic mass is 32.2. The molecule has 1 N–H and O–H groups in total. The van der Waals surface area contributed by atoms with Crippen molar-refractivity contribution in [3.05, 3.63) is 59.7 Å². The SMILES string of the molecule is CC[C@@H](C)NC(=O)[C@H](C)N(Cc1cccc(OC)c1)C(=O)CN(c1ccccc1C(C)C)S(C)(=O)=O. The maximum atomic E-state index is 13.7. The summed E-state index contributed by atoms with van der Waals surface area (Å²) >= 11 is 0. The van der Waals surface area contributed by atoms with Crippen LogP contribution < -0.4 is 14.4 Å². The molecule has 0 aliphatic rings. The van der Waals surface area contributed by atoms with E-state index < -0.39 is 28.5 Å². The summed E-state index contributed by atoms with van der Waals surface area (Å²) in [6.07, 6.45) is 1.83. The number of benzene rings is 2. The molecule has 0 radical (unpaired) electrons. The normalized spacial score (nSPS) is 13.1. The Bertz CT molecular complexity index is 1150. The van der Waals surface area contributed by atoms with Crippen LogP contribution in [0.1, 0.15) is 58.1 Å². The van der Waals surface area contributed by atoms with Crippen molar-refractivity contribution in [3.63, 3.8) is 0 Å². The van der Waals surface area contributed by atoms with E-state index in [-0.39, 0.29) is 24.4 Å². The molecule has 36 heavy (non-hydrogen) atoms. The molecule has 2 aromatic carbocycles. The van der Waals surface area contributed by atoms with Gasteiger partial charge in [0.2, 0.25) is 21.8 Å². The molecule has 0 saturated heterocycles. The van der Waals surface area contributed by atoms with E-state index in [2.05, 4.69) is 5.32 Å². The molecule has 0 aliphatic heterocycles. The molecule has 0 aromatic heterocycles. The van der Waals surface area contributed by atoms with E-state index in [9.17, 15) is 18.0 Å². The number of nitrogens with one attached hydrogen (secondary N) is 1. The van der Waals surface area contributed by atoms with E-state index >= 15 is 0 Å². The molecule has 198 valence electrons. The van der Waals surface area contributed by atoms with Crippen LogP contribution in [0.3, 0.4) is 0 Å². The third-order valence-corrected chi connectivity index (χ3v) is 7.29. The third kappa shape index (κ3) is 7.71. The minimum atomic E-state index is -3.79. The molecule has 0 heterocycles. The lowest BCUT2D eigenvalue weighted by Crippen LogP contribution is -2.52. The van der Waals surface area contributed by atoms with Crippen LogP contribution in [-0.2, 0) is 26.2 Å². The van der Waals surface area contributed by atoms with E-state index in [1.54, 1.807) is 38.3 Å². The Morgan fingerprint density at radius 3 is 2.28 bits per heavy atom. The van der Waals surface area contributed by atoms with Crippen LogP contribution in [0.15, 0.2) is 48.5 Å².